The van der Waals surface area contributed by atoms with Crippen LogP contribution in [-0.4, -0.2) is 9.97 Å². The third-order valence-corrected chi connectivity index (χ3v) is 2.34. The van der Waals surface area contributed by atoms with E-state index < -0.39 is 0 Å². The van der Waals surface area contributed by atoms with Gasteiger partial charge in [-0.25, -0.2) is 9.97 Å². The Labute approximate surface area is 94.0 Å². The molecule has 0 fully saturated rings. The maximum atomic E-state index is 5.81. The molecule has 0 saturated carbocycles. The van der Waals surface area contributed by atoms with Gasteiger partial charge in [0.15, 0.2) is 0 Å². The molecule has 0 aliphatic heterocycles. The number of rotatable bonds is 1. The van der Waals surface area contributed by atoms with E-state index in [-0.39, 0.29) is 0 Å². The third-order valence-electron chi connectivity index (χ3n) is 2.17. The lowest BCUT2D eigenvalue weighted by Crippen LogP contribution is -1.90. The smallest absolute Gasteiger partial charge is 0.223 e. The average Bonchev–Trinajstić information content (AvgIpc) is 2.17. The second kappa shape index (κ2) is 3.99. The Balaban J connectivity index is 2.49. The quantitative estimate of drug-likeness (QED) is 0.686. The van der Waals surface area contributed by atoms with Crippen molar-refractivity contribution in [1.82, 2.24) is 9.97 Å². The molecule has 3 heteroatoms. The zero-order valence-electron chi connectivity index (χ0n) is 8.66. The molecule has 1 heterocycles. The van der Waals surface area contributed by atoms with Gasteiger partial charge in [-0.05, 0) is 31.5 Å². The van der Waals surface area contributed by atoms with Crippen molar-refractivity contribution in [3.63, 3.8) is 0 Å². The minimum atomic E-state index is 0.297. The summed E-state index contributed by atoms with van der Waals surface area (Å²) in [6, 6.07) is 10.1. The minimum Gasteiger partial charge on any atom is -0.223 e. The lowest BCUT2D eigenvalue weighted by Gasteiger charge is -2.02. The van der Waals surface area contributed by atoms with Gasteiger partial charge >= 0.3 is 0 Å². The third kappa shape index (κ3) is 2.34. The molecule has 2 aromatic rings. The largest absolute Gasteiger partial charge is 0.223 e. The van der Waals surface area contributed by atoms with Gasteiger partial charge in [0.1, 0.15) is 0 Å². The number of hydrogen-bond acceptors (Lipinski definition) is 2. The molecular weight excluding hydrogens is 208 g/mol. The molecule has 0 unspecified atom stereocenters. The van der Waals surface area contributed by atoms with Crippen LogP contribution in [0.25, 0.3) is 11.3 Å². The van der Waals surface area contributed by atoms with Crippen LogP contribution >= 0.6 is 11.6 Å². The number of hydrogen-bond donors (Lipinski definition) is 0. The fourth-order valence-corrected chi connectivity index (χ4v) is 1.63. The summed E-state index contributed by atoms with van der Waals surface area (Å²) < 4.78 is 0. The van der Waals surface area contributed by atoms with Gasteiger partial charge in [-0.15, -0.1) is 0 Å². The molecule has 0 N–H and O–H groups in total. The summed E-state index contributed by atoms with van der Waals surface area (Å²) in [6.45, 7) is 3.97. The zero-order chi connectivity index (χ0) is 10.8. The Kier molecular flexibility index (Phi) is 2.69. The first-order valence-electron chi connectivity index (χ1n) is 4.73. The van der Waals surface area contributed by atoms with Crippen molar-refractivity contribution in [2.75, 3.05) is 0 Å². The highest BCUT2D eigenvalue weighted by Gasteiger charge is 2.02. The van der Waals surface area contributed by atoms with Gasteiger partial charge in [0.25, 0.3) is 0 Å². The number of halogens is 1. The normalized spacial score (nSPS) is 10.3. The Hall–Kier alpha value is -1.41. The van der Waals surface area contributed by atoms with Gasteiger partial charge in [-0.3, -0.25) is 0 Å². The predicted molar refractivity (Wildman–Crippen MR) is 62.0 cm³/mol. The Bertz CT molecular complexity index is 457. The van der Waals surface area contributed by atoms with E-state index in [1.165, 1.54) is 5.56 Å². The summed E-state index contributed by atoms with van der Waals surface area (Å²) in [7, 11) is 0. The second-order valence-corrected chi connectivity index (χ2v) is 3.87. The molecule has 0 amide bonds. The van der Waals surface area contributed by atoms with Gasteiger partial charge in [0, 0.05) is 11.3 Å². The maximum Gasteiger partial charge on any atom is 0.223 e. The van der Waals surface area contributed by atoms with Crippen molar-refractivity contribution in [3.8, 4) is 11.3 Å². The molecule has 0 aliphatic rings. The van der Waals surface area contributed by atoms with Crippen LogP contribution in [0, 0.1) is 13.8 Å². The van der Waals surface area contributed by atoms with E-state index in [0.29, 0.717) is 5.28 Å². The Morgan fingerprint density at radius 3 is 2.27 bits per heavy atom. The Morgan fingerprint density at radius 2 is 1.67 bits per heavy atom. The summed E-state index contributed by atoms with van der Waals surface area (Å²) >= 11 is 5.81. The minimum absolute atomic E-state index is 0.297. The monoisotopic (exact) mass is 218 g/mol. The van der Waals surface area contributed by atoms with E-state index in [1.54, 1.807) is 0 Å². The Morgan fingerprint density at radius 1 is 1.00 bits per heavy atom. The average molecular weight is 219 g/mol. The van der Waals surface area contributed by atoms with Crippen molar-refractivity contribution >= 4 is 11.6 Å². The van der Waals surface area contributed by atoms with E-state index in [1.807, 2.05) is 25.1 Å². The van der Waals surface area contributed by atoms with Crippen molar-refractivity contribution in [1.29, 1.82) is 0 Å². The second-order valence-electron chi connectivity index (χ2n) is 3.53. The molecule has 2 nitrogen and oxygen atoms in total. The van der Waals surface area contributed by atoms with E-state index >= 15 is 0 Å². The number of nitrogens with zero attached hydrogens (tertiary/aromatic N) is 2. The molecule has 0 atom stereocenters. The molecular formula is C12H11ClN2. The molecule has 15 heavy (non-hydrogen) atoms. The molecule has 1 aromatic heterocycles. The van der Waals surface area contributed by atoms with Crippen LogP contribution in [0.1, 0.15) is 11.3 Å². The summed E-state index contributed by atoms with van der Waals surface area (Å²) in [5.41, 5.74) is 4.04. The number of aromatic nitrogens is 2. The van der Waals surface area contributed by atoms with Crippen LogP contribution in [0.3, 0.4) is 0 Å². The van der Waals surface area contributed by atoms with Crippen LogP contribution in [0.5, 0.6) is 0 Å². The molecule has 0 aliphatic carbocycles. The zero-order valence-corrected chi connectivity index (χ0v) is 9.42. The van der Waals surface area contributed by atoms with Gasteiger partial charge in [-0.1, -0.05) is 29.8 Å². The van der Waals surface area contributed by atoms with Gasteiger partial charge in [0.2, 0.25) is 5.28 Å². The fraction of sp³-hybridized carbons (Fsp3) is 0.167. The molecule has 0 radical (unpaired) electrons. The van der Waals surface area contributed by atoms with Gasteiger partial charge < -0.3 is 0 Å². The first-order valence-corrected chi connectivity index (χ1v) is 5.11. The number of aryl methyl sites for hydroxylation is 2. The van der Waals surface area contributed by atoms with Crippen LogP contribution in [0.2, 0.25) is 5.28 Å². The van der Waals surface area contributed by atoms with Crippen LogP contribution in [0.4, 0.5) is 0 Å². The predicted octanol–water partition coefficient (Wildman–Crippen LogP) is 3.41. The van der Waals surface area contributed by atoms with Crippen molar-refractivity contribution in [2.45, 2.75) is 13.8 Å². The van der Waals surface area contributed by atoms with Crippen LogP contribution in [0.15, 0.2) is 30.3 Å². The van der Waals surface area contributed by atoms with E-state index in [0.717, 1.165) is 17.0 Å². The standard InChI is InChI=1S/C12H11ClN2/c1-8-3-5-10(6-4-8)11-7-9(2)14-12(13)15-11/h3-7H,1-2H3. The number of benzene rings is 1. The highest BCUT2D eigenvalue weighted by Crippen LogP contribution is 2.19. The highest BCUT2D eigenvalue weighted by atomic mass is 35.5. The van der Waals surface area contributed by atoms with Gasteiger partial charge in [-0.2, -0.15) is 0 Å². The molecule has 2 rings (SSSR count). The van der Waals surface area contributed by atoms with Gasteiger partial charge in [0.05, 0.1) is 5.69 Å². The summed E-state index contributed by atoms with van der Waals surface area (Å²) in [6.07, 6.45) is 0. The summed E-state index contributed by atoms with van der Waals surface area (Å²) in [4.78, 5) is 8.22. The van der Waals surface area contributed by atoms with Crippen LogP contribution in [-0.2, 0) is 0 Å². The highest BCUT2D eigenvalue weighted by molar-refractivity contribution is 6.28. The SMILES string of the molecule is Cc1ccc(-c2cc(C)nc(Cl)n2)cc1. The summed E-state index contributed by atoms with van der Waals surface area (Å²) in [5, 5.41) is 0.297. The van der Waals surface area contributed by atoms with E-state index in [4.69, 9.17) is 11.6 Å². The fourth-order valence-electron chi connectivity index (χ4n) is 1.40. The first-order chi connectivity index (χ1) is 7.15. The van der Waals surface area contributed by atoms with Crippen LogP contribution < -0.4 is 0 Å². The lowest BCUT2D eigenvalue weighted by atomic mass is 10.1. The first kappa shape index (κ1) is 10.1. The molecule has 0 spiro atoms. The molecule has 0 saturated heterocycles. The van der Waals surface area contributed by atoms with E-state index in [2.05, 4.69) is 29.0 Å². The van der Waals surface area contributed by atoms with Crippen molar-refractivity contribution < 1.29 is 0 Å². The molecule has 76 valence electrons. The molecule has 1 aromatic carbocycles. The summed E-state index contributed by atoms with van der Waals surface area (Å²) in [5.74, 6) is 0. The maximum absolute atomic E-state index is 5.81. The topological polar surface area (TPSA) is 25.8 Å². The molecule has 0 bridgehead atoms. The van der Waals surface area contributed by atoms with Crippen molar-refractivity contribution in [2.24, 2.45) is 0 Å². The van der Waals surface area contributed by atoms with E-state index in [9.17, 15) is 0 Å². The lowest BCUT2D eigenvalue weighted by molar-refractivity contribution is 1.11. The van der Waals surface area contributed by atoms with Crippen molar-refractivity contribution in [3.05, 3.63) is 46.9 Å².